The first-order chi connectivity index (χ1) is 7.91. The molecule has 0 saturated carbocycles. The van der Waals surface area contributed by atoms with E-state index in [0.717, 1.165) is 11.3 Å². The van der Waals surface area contributed by atoms with Gasteiger partial charge in [0.05, 0.1) is 0 Å². The summed E-state index contributed by atoms with van der Waals surface area (Å²) in [6, 6.07) is 7.75. The van der Waals surface area contributed by atoms with Crippen LogP contribution in [0.1, 0.15) is 25.8 Å². The van der Waals surface area contributed by atoms with Gasteiger partial charge < -0.3 is 9.69 Å². The number of rotatable bonds is 4. The lowest BCUT2D eigenvalue weighted by atomic mass is 10.0. The van der Waals surface area contributed by atoms with Gasteiger partial charge in [-0.3, -0.25) is 4.79 Å². The summed E-state index contributed by atoms with van der Waals surface area (Å²) in [4.78, 5) is 24.6. The lowest BCUT2D eigenvalue weighted by molar-refractivity contribution is -0.126. The van der Waals surface area contributed by atoms with Gasteiger partial charge >= 0.3 is 0 Å². The van der Waals surface area contributed by atoms with Crippen LogP contribution < -0.4 is 4.90 Å². The standard InChI is InChI=1S/C14H19NO2/c1-10-5-7-13(8-6-10)15(4)14(17)11(2)9-12(3)16/h5-8,11H,9H2,1-4H3. The van der Waals surface area contributed by atoms with Gasteiger partial charge in [0, 0.05) is 25.1 Å². The molecule has 0 fully saturated rings. The third kappa shape index (κ3) is 3.70. The normalized spacial score (nSPS) is 12.0. The molecular formula is C14H19NO2. The second-order valence-corrected chi connectivity index (χ2v) is 4.54. The van der Waals surface area contributed by atoms with Crippen molar-refractivity contribution in [2.24, 2.45) is 5.92 Å². The fraction of sp³-hybridized carbons (Fsp3) is 0.429. The van der Waals surface area contributed by atoms with Crippen LogP contribution in [0.5, 0.6) is 0 Å². The van der Waals surface area contributed by atoms with E-state index in [1.54, 1.807) is 18.9 Å². The van der Waals surface area contributed by atoms with Crippen LogP contribution in [0.15, 0.2) is 24.3 Å². The van der Waals surface area contributed by atoms with Gasteiger partial charge in [0.2, 0.25) is 5.91 Å². The molecule has 0 heterocycles. The molecule has 0 saturated heterocycles. The molecule has 0 aliphatic rings. The van der Waals surface area contributed by atoms with Gasteiger partial charge in [-0.15, -0.1) is 0 Å². The number of ketones is 1. The molecule has 1 aromatic rings. The van der Waals surface area contributed by atoms with Crippen LogP contribution in [0, 0.1) is 12.8 Å². The van der Waals surface area contributed by atoms with E-state index < -0.39 is 0 Å². The Kier molecular flexibility index (Phi) is 4.44. The second-order valence-electron chi connectivity index (χ2n) is 4.54. The first-order valence-corrected chi connectivity index (χ1v) is 5.75. The first kappa shape index (κ1) is 13.4. The number of Topliss-reactive ketones (excluding diaryl/α,β-unsaturated/α-hetero) is 1. The molecular weight excluding hydrogens is 214 g/mol. The largest absolute Gasteiger partial charge is 0.315 e. The van der Waals surface area contributed by atoms with E-state index in [9.17, 15) is 9.59 Å². The van der Waals surface area contributed by atoms with Crippen molar-refractivity contribution in [2.45, 2.75) is 27.2 Å². The molecule has 0 aromatic heterocycles. The average Bonchev–Trinajstić information content (AvgIpc) is 2.27. The Hall–Kier alpha value is -1.64. The first-order valence-electron chi connectivity index (χ1n) is 5.75. The molecule has 0 radical (unpaired) electrons. The zero-order valence-corrected chi connectivity index (χ0v) is 10.9. The molecule has 0 N–H and O–H groups in total. The van der Waals surface area contributed by atoms with Crippen LogP contribution in [-0.4, -0.2) is 18.7 Å². The van der Waals surface area contributed by atoms with Crippen LogP contribution in [-0.2, 0) is 9.59 Å². The van der Waals surface area contributed by atoms with E-state index in [1.807, 2.05) is 31.2 Å². The van der Waals surface area contributed by atoms with Crippen molar-refractivity contribution in [1.29, 1.82) is 0 Å². The van der Waals surface area contributed by atoms with Crippen molar-refractivity contribution in [3.8, 4) is 0 Å². The number of nitrogens with zero attached hydrogens (tertiary/aromatic N) is 1. The summed E-state index contributed by atoms with van der Waals surface area (Å²) in [5, 5.41) is 0. The van der Waals surface area contributed by atoms with Crippen molar-refractivity contribution in [2.75, 3.05) is 11.9 Å². The predicted octanol–water partition coefficient (Wildman–Crippen LogP) is 2.57. The number of hydrogen-bond acceptors (Lipinski definition) is 2. The number of aryl methyl sites for hydroxylation is 1. The lowest BCUT2D eigenvalue weighted by Crippen LogP contribution is -2.32. The summed E-state index contributed by atoms with van der Waals surface area (Å²) < 4.78 is 0. The number of carbonyl (C=O) groups is 2. The molecule has 92 valence electrons. The highest BCUT2D eigenvalue weighted by Crippen LogP contribution is 2.17. The van der Waals surface area contributed by atoms with E-state index in [4.69, 9.17) is 0 Å². The van der Waals surface area contributed by atoms with Crippen molar-refractivity contribution < 1.29 is 9.59 Å². The van der Waals surface area contributed by atoms with Gasteiger partial charge in [-0.25, -0.2) is 0 Å². The minimum absolute atomic E-state index is 0.0240. The minimum atomic E-state index is -0.265. The number of benzene rings is 1. The SMILES string of the molecule is CC(=O)CC(C)C(=O)N(C)c1ccc(C)cc1. The Balaban J connectivity index is 2.75. The lowest BCUT2D eigenvalue weighted by Gasteiger charge is -2.21. The Morgan fingerprint density at radius 2 is 1.76 bits per heavy atom. The number of carbonyl (C=O) groups excluding carboxylic acids is 2. The summed E-state index contributed by atoms with van der Waals surface area (Å²) in [6.07, 6.45) is 0.301. The van der Waals surface area contributed by atoms with E-state index in [-0.39, 0.29) is 17.6 Å². The molecule has 0 spiro atoms. The van der Waals surface area contributed by atoms with Crippen molar-refractivity contribution in [3.63, 3.8) is 0 Å². The van der Waals surface area contributed by atoms with Crippen LogP contribution in [0.4, 0.5) is 5.69 Å². The maximum absolute atomic E-state index is 12.0. The van der Waals surface area contributed by atoms with E-state index in [0.29, 0.717) is 6.42 Å². The topological polar surface area (TPSA) is 37.4 Å². The average molecular weight is 233 g/mol. The smallest absolute Gasteiger partial charge is 0.229 e. The molecule has 1 amide bonds. The fourth-order valence-electron chi connectivity index (χ4n) is 1.74. The Labute approximate surface area is 102 Å². The zero-order valence-electron chi connectivity index (χ0n) is 10.9. The molecule has 0 aliphatic carbocycles. The monoisotopic (exact) mass is 233 g/mol. The second kappa shape index (κ2) is 5.62. The molecule has 1 atom stereocenters. The van der Waals surface area contributed by atoms with Crippen LogP contribution in [0.2, 0.25) is 0 Å². The highest BCUT2D eigenvalue weighted by molar-refractivity contribution is 5.96. The molecule has 0 bridgehead atoms. The molecule has 1 rings (SSSR count). The fourth-order valence-corrected chi connectivity index (χ4v) is 1.74. The van der Waals surface area contributed by atoms with E-state index in [1.165, 1.54) is 6.92 Å². The Bertz CT molecular complexity index is 409. The number of anilines is 1. The van der Waals surface area contributed by atoms with Crippen molar-refractivity contribution >= 4 is 17.4 Å². The maximum atomic E-state index is 12.0. The zero-order chi connectivity index (χ0) is 13.0. The quantitative estimate of drug-likeness (QED) is 0.801. The maximum Gasteiger partial charge on any atom is 0.229 e. The van der Waals surface area contributed by atoms with Gasteiger partial charge in [-0.1, -0.05) is 24.6 Å². The number of amides is 1. The van der Waals surface area contributed by atoms with Gasteiger partial charge in [0.15, 0.2) is 0 Å². The van der Waals surface area contributed by atoms with Gasteiger partial charge in [-0.2, -0.15) is 0 Å². The van der Waals surface area contributed by atoms with Gasteiger partial charge in [0.1, 0.15) is 5.78 Å². The molecule has 3 nitrogen and oxygen atoms in total. The Morgan fingerprint density at radius 1 is 1.24 bits per heavy atom. The van der Waals surface area contributed by atoms with E-state index >= 15 is 0 Å². The minimum Gasteiger partial charge on any atom is -0.315 e. The molecule has 17 heavy (non-hydrogen) atoms. The summed E-state index contributed by atoms with van der Waals surface area (Å²) in [5.41, 5.74) is 2.02. The van der Waals surface area contributed by atoms with Gasteiger partial charge in [0.25, 0.3) is 0 Å². The highest BCUT2D eigenvalue weighted by atomic mass is 16.2. The third-order valence-corrected chi connectivity index (χ3v) is 2.77. The summed E-state index contributed by atoms with van der Waals surface area (Å²) in [5.74, 6) is -0.244. The van der Waals surface area contributed by atoms with Crippen molar-refractivity contribution in [3.05, 3.63) is 29.8 Å². The van der Waals surface area contributed by atoms with Gasteiger partial charge in [-0.05, 0) is 26.0 Å². The van der Waals surface area contributed by atoms with E-state index in [2.05, 4.69) is 0 Å². The number of hydrogen-bond donors (Lipinski definition) is 0. The Morgan fingerprint density at radius 3 is 2.24 bits per heavy atom. The van der Waals surface area contributed by atoms with Crippen LogP contribution in [0.25, 0.3) is 0 Å². The summed E-state index contributed by atoms with van der Waals surface area (Å²) in [7, 11) is 1.74. The summed E-state index contributed by atoms with van der Waals surface area (Å²) >= 11 is 0. The summed E-state index contributed by atoms with van der Waals surface area (Å²) in [6.45, 7) is 5.30. The van der Waals surface area contributed by atoms with Crippen LogP contribution in [0.3, 0.4) is 0 Å². The van der Waals surface area contributed by atoms with Crippen molar-refractivity contribution in [1.82, 2.24) is 0 Å². The molecule has 0 aliphatic heterocycles. The third-order valence-electron chi connectivity index (χ3n) is 2.77. The van der Waals surface area contributed by atoms with Crippen LogP contribution >= 0.6 is 0 Å². The highest BCUT2D eigenvalue weighted by Gasteiger charge is 2.19. The molecule has 1 unspecified atom stereocenters. The molecule has 3 heteroatoms. The molecule has 1 aromatic carbocycles. The predicted molar refractivity (Wildman–Crippen MR) is 69.1 cm³/mol.